The molecule has 1 aromatic rings. The average Bonchev–Trinajstić information content (AvgIpc) is 2.68. The second kappa shape index (κ2) is 5.99. The fourth-order valence-corrected chi connectivity index (χ4v) is 2.81. The first-order valence-electron chi connectivity index (χ1n) is 6.08. The Morgan fingerprint density at radius 2 is 2.39 bits per heavy atom. The fraction of sp³-hybridized carbons (Fsp3) is 0.462. The summed E-state index contributed by atoms with van der Waals surface area (Å²) in [4.78, 5) is 14.0. The lowest BCUT2D eigenvalue weighted by Gasteiger charge is -2.15. The molecule has 1 heterocycles. The lowest BCUT2D eigenvalue weighted by Crippen LogP contribution is -2.33. The molecule has 4 nitrogen and oxygen atoms in total. The summed E-state index contributed by atoms with van der Waals surface area (Å²) in [6, 6.07) is 6.22. The lowest BCUT2D eigenvalue weighted by molar-refractivity contribution is -0.117. The fourth-order valence-electron chi connectivity index (χ4n) is 2.17. The SMILES string of the molecule is Cc1cc(I)ccc1NC(=O)CN1CC[C@H](N)C1. The van der Waals surface area contributed by atoms with E-state index in [0.717, 1.165) is 30.8 Å². The van der Waals surface area contributed by atoms with Crippen LogP contribution >= 0.6 is 22.6 Å². The minimum Gasteiger partial charge on any atom is -0.326 e. The van der Waals surface area contributed by atoms with Crippen LogP contribution < -0.4 is 11.1 Å². The van der Waals surface area contributed by atoms with Gasteiger partial charge in [-0.2, -0.15) is 0 Å². The van der Waals surface area contributed by atoms with Crippen LogP contribution in [0, 0.1) is 10.5 Å². The summed E-state index contributed by atoms with van der Waals surface area (Å²) in [5, 5.41) is 2.95. The molecule has 3 N–H and O–H groups in total. The highest BCUT2D eigenvalue weighted by Gasteiger charge is 2.21. The molecular formula is C13H18IN3O. The number of likely N-dealkylation sites (tertiary alicyclic amines) is 1. The number of rotatable bonds is 3. The van der Waals surface area contributed by atoms with Crippen LogP contribution in [0.3, 0.4) is 0 Å². The number of benzene rings is 1. The molecule has 1 amide bonds. The van der Waals surface area contributed by atoms with E-state index in [0.29, 0.717) is 6.54 Å². The maximum atomic E-state index is 11.9. The van der Waals surface area contributed by atoms with Crippen molar-refractivity contribution < 1.29 is 4.79 Å². The summed E-state index contributed by atoms with van der Waals surface area (Å²) in [5.74, 6) is 0.0356. The minimum absolute atomic E-state index is 0.0356. The second-order valence-electron chi connectivity index (χ2n) is 4.79. The van der Waals surface area contributed by atoms with Crippen LogP contribution in [-0.2, 0) is 4.79 Å². The second-order valence-corrected chi connectivity index (χ2v) is 6.04. The summed E-state index contributed by atoms with van der Waals surface area (Å²) in [5.41, 5.74) is 7.80. The zero-order valence-electron chi connectivity index (χ0n) is 10.4. The summed E-state index contributed by atoms with van der Waals surface area (Å²) in [6.45, 7) is 4.17. The molecule has 1 aromatic carbocycles. The number of anilines is 1. The van der Waals surface area contributed by atoms with Gasteiger partial charge in [-0.25, -0.2) is 0 Å². The van der Waals surface area contributed by atoms with E-state index in [1.807, 2.05) is 19.1 Å². The van der Waals surface area contributed by atoms with Gasteiger partial charge >= 0.3 is 0 Å². The van der Waals surface area contributed by atoms with E-state index < -0.39 is 0 Å². The molecule has 0 radical (unpaired) electrons. The van der Waals surface area contributed by atoms with Crippen LogP contribution in [0.15, 0.2) is 18.2 Å². The van der Waals surface area contributed by atoms with Gasteiger partial charge in [0.25, 0.3) is 0 Å². The predicted molar refractivity (Wildman–Crippen MR) is 81.6 cm³/mol. The molecule has 0 saturated carbocycles. The van der Waals surface area contributed by atoms with Crippen LogP contribution in [0.1, 0.15) is 12.0 Å². The predicted octanol–water partition coefficient (Wildman–Crippen LogP) is 1.57. The Kier molecular flexibility index (Phi) is 4.58. The van der Waals surface area contributed by atoms with E-state index in [2.05, 4.69) is 38.9 Å². The molecule has 2 rings (SSSR count). The van der Waals surface area contributed by atoms with Gasteiger partial charge in [-0.05, 0) is 59.7 Å². The highest BCUT2D eigenvalue weighted by molar-refractivity contribution is 14.1. The van der Waals surface area contributed by atoms with E-state index in [1.165, 1.54) is 3.57 Å². The van der Waals surface area contributed by atoms with Crippen molar-refractivity contribution in [2.24, 2.45) is 5.73 Å². The van der Waals surface area contributed by atoms with Gasteiger partial charge in [0, 0.05) is 28.4 Å². The standard InChI is InChI=1S/C13H18IN3O/c1-9-6-10(14)2-3-12(9)16-13(18)8-17-5-4-11(15)7-17/h2-3,6,11H,4-5,7-8,15H2,1H3,(H,16,18)/t11-/m0/s1. The average molecular weight is 359 g/mol. The number of carbonyl (C=O) groups is 1. The Bertz CT molecular complexity index is 450. The molecule has 5 heteroatoms. The number of aryl methyl sites for hydroxylation is 1. The summed E-state index contributed by atoms with van der Waals surface area (Å²) >= 11 is 2.26. The Hall–Kier alpha value is -0.660. The summed E-state index contributed by atoms with van der Waals surface area (Å²) in [7, 11) is 0. The first-order chi connectivity index (χ1) is 8.54. The van der Waals surface area contributed by atoms with E-state index >= 15 is 0 Å². The van der Waals surface area contributed by atoms with Gasteiger partial charge in [0.1, 0.15) is 0 Å². The van der Waals surface area contributed by atoms with Gasteiger partial charge in [-0.1, -0.05) is 0 Å². The van der Waals surface area contributed by atoms with Crippen LogP contribution in [0.25, 0.3) is 0 Å². The molecule has 1 saturated heterocycles. The smallest absolute Gasteiger partial charge is 0.238 e. The molecule has 98 valence electrons. The van der Waals surface area contributed by atoms with Crippen LogP contribution in [0.2, 0.25) is 0 Å². The third kappa shape index (κ3) is 3.66. The van der Waals surface area contributed by atoms with Crippen molar-refractivity contribution >= 4 is 34.2 Å². The Morgan fingerprint density at radius 3 is 3.00 bits per heavy atom. The molecule has 1 atom stereocenters. The molecular weight excluding hydrogens is 341 g/mol. The van der Waals surface area contributed by atoms with E-state index in [1.54, 1.807) is 0 Å². The summed E-state index contributed by atoms with van der Waals surface area (Å²) in [6.07, 6.45) is 0.982. The zero-order valence-corrected chi connectivity index (χ0v) is 12.6. The Labute approximate surface area is 121 Å². The van der Waals surface area contributed by atoms with Crippen molar-refractivity contribution in [3.63, 3.8) is 0 Å². The molecule has 0 unspecified atom stereocenters. The first kappa shape index (κ1) is 13.8. The Morgan fingerprint density at radius 1 is 1.61 bits per heavy atom. The van der Waals surface area contributed by atoms with Crippen molar-refractivity contribution in [1.29, 1.82) is 0 Å². The summed E-state index contributed by atoms with van der Waals surface area (Å²) < 4.78 is 1.17. The number of carbonyl (C=O) groups excluding carboxylic acids is 1. The number of halogens is 1. The van der Waals surface area contributed by atoms with Crippen molar-refractivity contribution in [2.45, 2.75) is 19.4 Å². The van der Waals surface area contributed by atoms with Crippen molar-refractivity contribution in [1.82, 2.24) is 4.90 Å². The molecule has 0 bridgehead atoms. The van der Waals surface area contributed by atoms with Crippen LogP contribution in [-0.4, -0.2) is 36.5 Å². The van der Waals surface area contributed by atoms with Gasteiger partial charge in [0.15, 0.2) is 0 Å². The normalized spacial score (nSPS) is 20.1. The lowest BCUT2D eigenvalue weighted by atomic mass is 10.2. The number of hydrogen-bond acceptors (Lipinski definition) is 3. The van der Waals surface area contributed by atoms with E-state index in [-0.39, 0.29) is 11.9 Å². The molecule has 18 heavy (non-hydrogen) atoms. The monoisotopic (exact) mass is 359 g/mol. The highest BCUT2D eigenvalue weighted by atomic mass is 127. The van der Waals surface area contributed by atoms with E-state index in [4.69, 9.17) is 5.73 Å². The number of nitrogens with one attached hydrogen (secondary N) is 1. The largest absolute Gasteiger partial charge is 0.326 e. The number of hydrogen-bond donors (Lipinski definition) is 2. The molecule has 0 spiro atoms. The van der Waals surface area contributed by atoms with Gasteiger partial charge in [-0.3, -0.25) is 9.69 Å². The quantitative estimate of drug-likeness (QED) is 0.806. The minimum atomic E-state index is 0.0356. The highest BCUT2D eigenvalue weighted by Crippen LogP contribution is 2.17. The first-order valence-corrected chi connectivity index (χ1v) is 7.16. The van der Waals surface area contributed by atoms with Gasteiger partial charge in [0.05, 0.1) is 6.54 Å². The van der Waals surface area contributed by atoms with Crippen LogP contribution in [0.4, 0.5) is 5.69 Å². The maximum Gasteiger partial charge on any atom is 0.238 e. The van der Waals surface area contributed by atoms with E-state index in [9.17, 15) is 4.79 Å². The van der Waals surface area contributed by atoms with Crippen LogP contribution in [0.5, 0.6) is 0 Å². The molecule has 1 aliphatic heterocycles. The Balaban J connectivity index is 1.91. The van der Waals surface area contributed by atoms with Gasteiger partial charge < -0.3 is 11.1 Å². The molecule has 1 fully saturated rings. The molecule has 0 aliphatic carbocycles. The topological polar surface area (TPSA) is 58.4 Å². The third-order valence-corrected chi connectivity index (χ3v) is 3.81. The van der Waals surface area contributed by atoms with Crippen molar-refractivity contribution in [3.8, 4) is 0 Å². The number of amides is 1. The van der Waals surface area contributed by atoms with Crippen molar-refractivity contribution in [2.75, 3.05) is 25.0 Å². The number of nitrogens with zero attached hydrogens (tertiary/aromatic N) is 1. The molecule has 1 aliphatic rings. The molecule has 0 aromatic heterocycles. The van der Waals surface area contributed by atoms with Crippen molar-refractivity contribution in [3.05, 3.63) is 27.3 Å². The van der Waals surface area contributed by atoms with Gasteiger partial charge in [-0.15, -0.1) is 0 Å². The zero-order chi connectivity index (χ0) is 13.1. The third-order valence-electron chi connectivity index (χ3n) is 3.14. The number of nitrogens with two attached hydrogens (primary N) is 1. The van der Waals surface area contributed by atoms with Gasteiger partial charge in [0.2, 0.25) is 5.91 Å². The maximum absolute atomic E-state index is 11.9.